The van der Waals surface area contributed by atoms with Crippen LogP contribution in [0.4, 0.5) is 0 Å². The fraction of sp³-hybridized carbons (Fsp3) is 0.471. The number of fused-ring (bicyclic) bond motifs is 1. The van der Waals surface area contributed by atoms with Crippen LogP contribution in [0, 0.1) is 17.3 Å². The lowest BCUT2D eigenvalue weighted by Crippen LogP contribution is -2.08. The van der Waals surface area contributed by atoms with E-state index in [1.807, 2.05) is 12.1 Å². The quantitative estimate of drug-likeness (QED) is 0.717. The van der Waals surface area contributed by atoms with Gasteiger partial charge in [-0.1, -0.05) is 52.6 Å². The monoisotopic (exact) mass is 333 g/mol. The Balaban J connectivity index is 1.66. The summed E-state index contributed by atoms with van der Waals surface area (Å²) >= 11 is 3.43. The number of benzene rings is 1. The predicted molar refractivity (Wildman–Crippen MR) is 85.5 cm³/mol. The zero-order valence-corrected chi connectivity index (χ0v) is 13.8. The second kappa shape index (κ2) is 5.03. The molecule has 0 spiro atoms. The number of hydrogen-bond acceptors (Lipinski definition) is 2. The van der Waals surface area contributed by atoms with Crippen molar-refractivity contribution >= 4 is 21.6 Å². The first-order chi connectivity index (χ1) is 9.48. The molecule has 2 atom stereocenters. The van der Waals surface area contributed by atoms with Crippen LogP contribution in [-0.4, -0.2) is 5.71 Å². The van der Waals surface area contributed by atoms with Gasteiger partial charge in [-0.2, -0.15) is 0 Å². The Bertz CT molecular complexity index is 571. The lowest BCUT2D eigenvalue weighted by molar-refractivity contribution is 0.129. The van der Waals surface area contributed by atoms with Crippen LogP contribution in [0.2, 0.25) is 0 Å². The van der Waals surface area contributed by atoms with Gasteiger partial charge in [-0.3, -0.25) is 0 Å². The zero-order valence-electron chi connectivity index (χ0n) is 12.2. The van der Waals surface area contributed by atoms with Crippen LogP contribution in [0.3, 0.4) is 0 Å². The Hall–Kier alpha value is -1.09. The Morgan fingerprint density at radius 2 is 2.00 bits per heavy atom. The highest BCUT2D eigenvalue weighted by molar-refractivity contribution is 9.10. The molecule has 1 aromatic carbocycles. The largest absolute Gasteiger partial charge is 0.391 e. The summed E-state index contributed by atoms with van der Waals surface area (Å²) in [5, 5.41) is 4.40. The minimum Gasteiger partial charge on any atom is -0.391 e. The zero-order chi connectivity index (χ0) is 14.3. The molecule has 0 radical (unpaired) electrons. The molecule has 2 aliphatic carbocycles. The first kappa shape index (κ1) is 13.9. The lowest BCUT2D eigenvalue weighted by atomic mass is 10.00. The smallest absolute Gasteiger partial charge is 0.142 e. The first-order valence-electron chi connectivity index (χ1n) is 7.10. The van der Waals surface area contributed by atoms with E-state index in [9.17, 15) is 0 Å². The average Bonchev–Trinajstić information content (AvgIpc) is 2.94. The number of oxime groups is 1. The number of halogens is 1. The highest BCUT2D eigenvalue weighted by Gasteiger charge is 2.60. The second-order valence-electron chi connectivity index (χ2n) is 6.52. The molecule has 2 nitrogen and oxygen atoms in total. The van der Waals surface area contributed by atoms with Crippen LogP contribution in [0.5, 0.6) is 0 Å². The molecule has 20 heavy (non-hydrogen) atoms. The number of rotatable bonds is 3. The molecule has 2 aliphatic rings. The molecule has 1 aromatic rings. The van der Waals surface area contributed by atoms with E-state index >= 15 is 0 Å². The molecular weight excluding hydrogens is 314 g/mol. The first-order valence-corrected chi connectivity index (χ1v) is 7.89. The molecule has 0 aliphatic heterocycles. The van der Waals surface area contributed by atoms with E-state index in [-0.39, 0.29) is 0 Å². The third kappa shape index (κ3) is 2.56. The Morgan fingerprint density at radius 3 is 2.70 bits per heavy atom. The van der Waals surface area contributed by atoms with Crippen molar-refractivity contribution in [3.05, 3.63) is 46.0 Å². The van der Waals surface area contributed by atoms with Crippen molar-refractivity contribution in [3.8, 4) is 0 Å². The van der Waals surface area contributed by atoms with Crippen molar-refractivity contribution in [2.75, 3.05) is 0 Å². The molecule has 3 rings (SSSR count). The number of allylic oxidation sites excluding steroid dienone is 2. The van der Waals surface area contributed by atoms with E-state index in [4.69, 9.17) is 4.84 Å². The molecule has 1 saturated carbocycles. The van der Waals surface area contributed by atoms with E-state index < -0.39 is 0 Å². The van der Waals surface area contributed by atoms with E-state index in [1.165, 1.54) is 12.0 Å². The SMILES string of the molecule is CC1=C/C(=N/OCc2ccc(Br)cc2)C2C(C1)C2(C)C. The topological polar surface area (TPSA) is 21.6 Å². The Kier molecular flexibility index (Phi) is 3.49. The summed E-state index contributed by atoms with van der Waals surface area (Å²) in [4.78, 5) is 5.57. The summed E-state index contributed by atoms with van der Waals surface area (Å²) in [6, 6.07) is 8.15. The standard InChI is InChI=1S/C17H20BrNO/c1-11-8-14-16(17(14,2)3)15(9-11)19-20-10-12-4-6-13(18)7-5-12/h4-7,9,14,16H,8,10H2,1-3H3/b19-15-. The van der Waals surface area contributed by atoms with Gasteiger partial charge >= 0.3 is 0 Å². The van der Waals surface area contributed by atoms with Crippen LogP contribution >= 0.6 is 15.9 Å². The normalized spacial score (nSPS) is 28.8. The van der Waals surface area contributed by atoms with Crippen molar-refractivity contribution in [3.63, 3.8) is 0 Å². The molecule has 0 aromatic heterocycles. The molecule has 0 saturated heterocycles. The molecule has 0 amide bonds. The summed E-state index contributed by atoms with van der Waals surface area (Å²) in [6.07, 6.45) is 3.42. The molecular formula is C17H20BrNO. The highest BCUT2D eigenvalue weighted by atomic mass is 79.9. The fourth-order valence-electron chi connectivity index (χ4n) is 3.31. The minimum absolute atomic E-state index is 0.383. The number of nitrogens with zero attached hydrogens (tertiary/aromatic N) is 1. The maximum absolute atomic E-state index is 5.57. The minimum atomic E-state index is 0.383. The fourth-order valence-corrected chi connectivity index (χ4v) is 3.57. The van der Waals surface area contributed by atoms with E-state index in [1.54, 1.807) is 0 Å². The van der Waals surface area contributed by atoms with Gasteiger partial charge in [0.2, 0.25) is 0 Å². The van der Waals surface area contributed by atoms with Crippen molar-refractivity contribution in [1.29, 1.82) is 0 Å². The van der Waals surface area contributed by atoms with Gasteiger partial charge in [-0.15, -0.1) is 0 Å². The average molecular weight is 334 g/mol. The molecule has 0 heterocycles. The van der Waals surface area contributed by atoms with Gasteiger partial charge in [-0.25, -0.2) is 0 Å². The van der Waals surface area contributed by atoms with E-state index in [0.29, 0.717) is 17.9 Å². The predicted octanol–water partition coefficient (Wildman–Crippen LogP) is 4.94. The van der Waals surface area contributed by atoms with Crippen LogP contribution in [0.25, 0.3) is 0 Å². The van der Waals surface area contributed by atoms with Gasteiger partial charge in [0.25, 0.3) is 0 Å². The van der Waals surface area contributed by atoms with Gasteiger partial charge in [0, 0.05) is 10.4 Å². The van der Waals surface area contributed by atoms with Crippen molar-refractivity contribution < 1.29 is 4.84 Å². The summed E-state index contributed by atoms with van der Waals surface area (Å²) in [6.45, 7) is 7.38. The van der Waals surface area contributed by atoms with Crippen molar-refractivity contribution in [1.82, 2.24) is 0 Å². The lowest BCUT2D eigenvalue weighted by Gasteiger charge is -2.09. The summed E-state index contributed by atoms with van der Waals surface area (Å²) in [5.74, 6) is 1.33. The van der Waals surface area contributed by atoms with Gasteiger partial charge in [0.1, 0.15) is 6.61 Å². The van der Waals surface area contributed by atoms with Gasteiger partial charge in [-0.05, 0) is 48.4 Å². The maximum Gasteiger partial charge on any atom is 0.142 e. The van der Waals surface area contributed by atoms with Crippen LogP contribution in [-0.2, 0) is 11.4 Å². The molecule has 106 valence electrons. The van der Waals surface area contributed by atoms with E-state index in [0.717, 1.165) is 21.7 Å². The summed E-state index contributed by atoms with van der Waals surface area (Å²) in [5.41, 5.74) is 4.07. The van der Waals surface area contributed by atoms with Crippen LogP contribution < -0.4 is 0 Å². The summed E-state index contributed by atoms with van der Waals surface area (Å²) < 4.78 is 1.08. The van der Waals surface area contributed by atoms with Gasteiger partial charge in [0.15, 0.2) is 0 Å². The maximum atomic E-state index is 5.57. The molecule has 3 heteroatoms. The second-order valence-corrected chi connectivity index (χ2v) is 7.43. The Morgan fingerprint density at radius 1 is 1.30 bits per heavy atom. The Labute approximate surface area is 129 Å². The molecule has 0 bridgehead atoms. The molecule has 1 fully saturated rings. The van der Waals surface area contributed by atoms with Crippen molar-refractivity contribution in [2.24, 2.45) is 22.4 Å². The van der Waals surface area contributed by atoms with Crippen LogP contribution in [0.15, 0.2) is 45.5 Å². The summed E-state index contributed by atoms with van der Waals surface area (Å²) in [7, 11) is 0. The van der Waals surface area contributed by atoms with Crippen molar-refractivity contribution in [2.45, 2.75) is 33.8 Å². The van der Waals surface area contributed by atoms with Gasteiger partial charge < -0.3 is 4.84 Å². The van der Waals surface area contributed by atoms with E-state index in [2.05, 4.69) is 60.1 Å². The molecule has 2 unspecified atom stereocenters. The highest BCUT2D eigenvalue weighted by Crippen LogP contribution is 2.63. The molecule has 0 N–H and O–H groups in total. The van der Waals surface area contributed by atoms with Gasteiger partial charge in [0.05, 0.1) is 5.71 Å². The number of hydrogen-bond donors (Lipinski definition) is 0. The third-order valence-electron chi connectivity index (χ3n) is 4.62. The third-order valence-corrected chi connectivity index (χ3v) is 5.15. The van der Waals surface area contributed by atoms with Crippen LogP contribution in [0.1, 0.15) is 32.8 Å².